The Labute approximate surface area is 131 Å². The fourth-order valence-corrected chi connectivity index (χ4v) is 4.73. The predicted molar refractivity (Wildman–Crippen MR) is 88.4 cm³/mol. The molecule has 1 heterocycles. The van der Waals surface area contributed by atoms with Gasteiger partial charge in [-0.25, -0.2) is 0 Å². The minimum atomic E-state index is 0.101. The van der Waals surface area contributed by atoms with Gasteiger partial charge in [0.15, 0.2) is 0 Å². The smallest absolute Gasteiger partial charge is 0.405 e. The van der Waals surface area contributed by atoms with Crippen LogP contribution in [0.2, 0.25) is 6.32 Å². The Bertz CT molecular complexity index is 272. The van der Waals surface area contributed by atoms with Gasteiger partial charge in [-0.05, 0) is 43.8 Å². The van der Waals surface area contributed by atoms with E-state index in [2.05, 4.69) is 6.92 Å². The van der Waals surface area contributed by atoms with Crippen molar-refractivity contribution >= 4 is 7.12 Å². The van der Waals surface area contributed by atoms with Crippen molar-refractivity contribution in [1.29, 1.82) is 0 Å². The molecule has 3 fully saturated rings. The SMILES string of the molecule is CCCCB1O[C@H](C2CCCCC2)[C@@H](C2CCCCC2)O1. The summed E-state index contributed by atoms with van der Waals surface area (Å²) in [5, 5.41) is 0. The molecule has 0 bridgehead atoms. The van der Waals surface area contributed by atoms with Gasteiger partial charge in [-0.1, -0.05) is 58.3 Å². The fraction of sp³-hybridized carbons (Fsp3) is 1.00. The minimum absolute atomic E-state index is 0.101. The quantitative estimate of drug-likeness (QED) is 0.647. The molecule has 2 atom stereocenters. The summed E-state index contributed by atoms with van der Waals surface area (Å²) < 4.78 is 12.9. The van der Waals surface area contributed by atoms with Crippen molar-refractivity contribution in [2.45, 2.75) is 103 Å². The van der Waals surface area contributed by atoms with Crippen LogP contribution in [0.1, 0.15) is 84.0 Å². The summed E-state index contributed by atoms with van der Waals surface area (Å²) in [6.45, 7) is 2.26. The normalized spacial score (nSPS) is 32.7. The van der Waals surface area contributed by atoms with Gasteiger partial charge >= 0.3 is 7.12 Å². The molecule has 120 valence electrons. The van der Waals surface area contributed by atoms with Gasteiger partial charge in [0, 0.05) is 0 Å². The average molecular weight is 292 g/mol. The summed E-state index contributed by atoms with van der Waals surface area (Å²) in [6, 6.07) is 0. The van der Waals surface area contributed by atoms with E-state index in [1.54, 1.807) is 0 Å². The molecule has 0 unspecified atom stereocenters. The summed E-state index contributed by atoms with van der Waals surface area (Å²) in [5.41, 5.74) is 0. The van der Waals surface area contributed by atoms with Crippen LogP contribution in [0.25, 0.3) is 0 Å². The summed E-state index contributed by atoms with van der Waals surface area (Å²) in [5.74, 6) is 1.55. The fourth-order valence-electron chi connectivity index (χ4n) is 4.73. The lowest BCUT2D eigenvalue weighted by atomic mass is 9.77. The first-order valence-electron chi connectivity index (χ1n) is 9.69. The van der Waals surface area contributed by atoms with Crippen LogP contribution in [-0.4, -0.2) is 19.3 Å². The molecule has 1 saturated heterocycles. The van der Waals surface area contributed by atoms with Gasteiger partial charge < -0.3 is 9.31 Å². The predicted octanol–water partition coefficient (Wildman–Crippen LogP) is 5.22. The molecule has 2 nitrogen and oxygen atoms in total. The van der Waals surface area contributed by atoms with Crippen LogP contribution in [0, 0.1) is 11.8 Å². The van der Waals surface area contributed by atoms with Gasteiger partial charge in [0.2, 0.25) is 0 Å². The molecule has 2 saturated carbocycles. The highest BCUT2D eigenvalue weighted by Gasteiger charge is 2.46. The molecule has 3 aliphatic rings. The first kappa shape index (κ1) is 15.9. The van der Waals surface area contributed by atoms with Crippen molar-refractivity contribution in [3.63, 3.8) is 0 Å². The van der Waals surface area contributed by atoms with Crippen molar-refractivity contribution < 1.29 is 9.31 Å². The molecule has 0 aromatic rings. The first-order valence-corrected chi connectivity index (χ1v) is 9.69. The van der Waals surface area contributed by atoms with Crippen LogP contribution >= 0.6 is 0 Å². The zero-order valence-corrected chi connectivity index (χ0v) is 13.9. The van der Waals surface area contributed by atoms with E-state index in [1.165, 1.54) is 77.0 Å². The molecule has 21 heavy (non-hydrogen) atoms. The van der Waals surface area contributed by atoms with E-state index in [1.807, 2.05) is 0 Å². The highest BCUT2D eigenvalue weighted by molar-refractivity contribution is 6.45. The molecule has 0 spiro atoms. The lowest BCUT2D eigenvalue weighted by Crippen LogP contribution is -2.38. The van der Waals surface area contributed by atoms with Crippen molar-refractivity contribution in [2.24, 2.45) is 11.8 Å². The van der Waals surface area contributed by atoms with E-state index in [-0.39, 0.29) is 7.12 Å². The van der Waals surface area contributed by atoms with Crippen LogP contribution in [0.3, 0.4) is 0 Å². The molecule has 0 aromatic heterocycles. The molecule has 3 heteroatoms. The number of rotatable bonds is 5. The van der Waals surface area contributed by atoms with Crippen LogP contribution in [0.5, 0.6) is 0 Å². The zero-order valence-electron chi connectivity index (χ0n) is 13.9. The average Bonchev–Trinajstić information content (AvgIpc) is 2.99. The van der Waals surface area contributed by atoms with E-state index in [9.17, 15) is 0 Å². The second-order valence-electron chi connectivity index (χ2n) is 7.57. The maximum Gasteiger partial charge on any atom is 0.457 e. The van der Waals surface area contributed by atoms with Gasteiger partial charge in [-0.15, -0.1) is 0 Å². The van der Waals surface area contributed by atoms with Crippen molar-refractivity contribution in [1.82, 2.24) is 0 Å². The molecule has 1 aliphatic heterocycles. The standard InChI is InChI=1S/C18H33BO2/c1-2-3-14-19-20-17(15-10-6-4-7-11-15)18(21-19)16-12-8-5-9-13-16/h15-18H,2-14H2,1H3/t17-,18-/m1/s1. The van der Waals surface area contributed by atoms with Crippen LogP contribution in [0.15, 0.2) is 0 Å². The van der Waals surface area contributed by atoms with Crippen molar-refractivity contribution in [2.75, 3.05) is 0 Å². The van der Waals surface area contributed by atoms with Gasteiger partial charge in [-0.2, -0.15) is 0 Å². The lowest BCUT2D eigenvalue weighted by molar-refractivity contribution is 0.0324. The topological polar surface area (TPSA) is 18.5 Å². The third-order valence-corrected chi connectivity index (χ3v) is 5.96. The monoisotopic (exact) mass is 292 g/mol. The van der Waals surface area contributed by atoms with E-state index in [0.717, 1.165) is 18.2 Å². The lowest BCUT2D eigenvalue weighted by Gasteiger charge is -2.35. The van der Waals surface area contributed by atoms with Gasteiger partial charge in [0.1, 0.15) is 0 Å². The molecule has 0 amide bonds. The minimum Gasteiger partial charge on any atom is -0.405 e. The largest absolute Gasteiger partial charge is 0.457 e. The third kappa shape index (κ3) is 4.04. The van der Waals surface area contributed by atoms with Gasteiger partial charge in [0.05, 0.1) is 12.2 Å². The molecule has 2 aliphatic carbocycles. The molecular weight excluding hydrogens is 259 g/mol. The Morgan fingerprint density at radius 3 is 1.67 bits per heavy atom. The summed E-state index contributed by atoms with van der Waals surface area (Å²) in [6.07, 6.45) is 18.4. The Hall–Kier alpha value is -0.0151. The van der Waals surface area contributed by atoms with Crippen LogP contribution in [-0.2, 0) is 9.31 Å². The first-order chi connectivity index (χ1) is 10.4. The molecule has 0 N–H and O–H groups in total. The molecule has 3 rings (SSSR count). The Balaban J connectivity index is 1.63. The Kier molecular flexibility index (Phi) is 6.05. The zero-order chi connectivity index (χ0) is 14.5. The summed E-state index contributed by atoms with van der Waals surface area (Å²) in [7, 11) is 0.101. The van der Waals surface area contributed by atoms with Gasteiger partial charge in [-0.3, -0.25) is 0 Å². The van der Waals surface area contributed by atoms with E-state index < -0.39 is 0 Å². The van der Waals surface area contributed by atoms with E-state index in [0.29, 0.717) is 12.2 Å². The molecule has 0 aromatic carbocycles. The van der Waals surface area contributed by atoms with E-state index >= 15 is 0 Å². The molecule has 0 radical (unpaired) electrons. The Morgan fingerprint density at radius 2 is 1.24 bits per heavy atom. The second kappa shape index (κ2) is 8.01. The maximum atomic E-state index is 6.45. The highest BCUT2D eigenvalue weighted by atomic mass is 16.7. The second-order valence-corrected chi connectivity index (χ2v) is 7.57. The Morgan fingerprint density at radius 1 is 0.762 bits per heavy atom. The number of unbranched alkanes of at least 4 members (excludes halogenated alkanes) is 1. The maximum absolute atomic E-state index is 6.45. The highest BCUT2D eigenvalue weighted by Crippen LogP contribution is 2.40. The van der Waals surface area contributed by atoms with Crippen LogP contribution < -0.4 is 0 Å². The number of hydrogen-bond acceptors (Lipinski definition) is 2. The number of hydrogen-bond donors (Lipinski definition) is 0. The van der Waals surface area contributed by atoms with Crippen molar-refractivity contribution in [3.8, 4) is 0 Å². The summed E-state index contributed by atoms with van der Waals surface area (Å²) >= 11 is 0. The van der Waals surface area contributed by atoms with Gasteiger partial charge in [0.25, 0.3) is 0 Å². The third-order valence-electron chi connectivity index (χ3n) is 5.96. The van der Waals surface area contributed by atoms with Crippen LogP contribution in [0.4, 0.5) is 0 Å². The summed E-state index contributed by atoms with van der Waals surface area (Å²) in [4.78, 5) is 0. The molecular formula is C18H33BO2. The van der Waals surface area contributed by atoms with E-state index in [4.69, 9.17) is 9.31 Å². The van der Waals surface area contributed by atoms with Crippen molar-refractivity contribution in [3.05, 3.63) is 0 Å².